The number of rotatable bonds is 4. The maximum absolute atomic E-state index is 12.4. The number of anilines is 1. The fourth-order valence-electron chi connectivity index (χ4n) is 3.31. The molecule has 0 saturated carbocycles. The van der Waals surface area contributed by atoms with E-state index in [0.717, 1.165) is 19.4 Å². The van der Waals surface area contributed by atoms with Crippen LogP contribution in [0.3, 0.4) is 0 Å². The second-order valence-corrected chi connectivity index (χ2v) is 7.52. The average Bonchev–Trinajstić information content (AvgIpc) is 2.94. The van der Waals surface area contributed by atoms with Crippen molar-refractivity contribution in [2.24, 2.45) is 0 Å². The number of fused-ring (bicyclic) bond motifs is 1. The smallest absolute Gasteiger partial charge is 0.242 e. The summed E-state index contributed by atoms with van der Waals surface area (Å²) in [6.45, 7) is 2.16. The average molecular weight is 310 g/mol. The fourth-order valence-corrected chi connectivity index (χ4v) is 4.53. The quantitative estimate of drug-likeness (QED) is 0.869. The van der Waals surface area contributed by atoms with Crippen molar-refractivity contribution >= 4 is 15.8 Å². The number of sulfonamides is 1. The van der Waals surface area contributed by atoms with Gasteiger partial charge in [0.2, 0.25) is 10.0 Å². The number of pyridine rings is 1. The third-order valence-corrected chi connectivity index (χ3v) is 5.95. The van der Waals surface area contributed by atoms with Crippen molar-refractivity contribution in [1.29, 1.82) is 0 Å². The second kappa shape index (κ2) is 5.90. The van der Waals surface area contributed by atoms with Gasteiger partial charge in [0.25, 0.3) is 0 Å². The summed E-state index contributed by atoms with van der Waals surface area (Å²) in [6, 6.07) is 3.86. The molecule has 3 heterocycles. The van der Waals surface area contributed by atoms with Crippen LogP contribution in [0.15, 0.2) is 23.2 Å². The molecule has 2 fully saturated rings. The van der Waals surface area contributed by atoms with Crippen LogP contribution in [0.5, 0.6) is 0 Å². The maximum Gasteiger partial charge on any atom is 0.242 e. The Morgan fingerprint density at radius 2 is 2.14 bits per heavy atom. The first-order valence-corrected chi connectivity index (χ1v) is 8.97. The van der Waals surface area contributed by atoms with Gasteiger partial charge in [0.1, 0.15) is 10.7 Å². The van der Waals surface area contributed by atoms with Crippen LogP contribution in [-0.4, -0.2) is 50.5 Å². The van der Waals surface area contributed by atoms with Crippen LogP contribution in [0.1, 0.15) is 25.7 Å². The summed E-state index contributed by atoms with van der Waals surface area (Å²) >= 11 is 0. The zero-order chi connectivity index (χ0) is 14.9. The van der Waals surface area contributed by atoms with Crippen LogP contribution in [0.25, 0.3) is 0 Å². The summed E-state index contributed by atoms with van der Waals surface area (Å²) in [5, 5.41) is 2.88. The molecule has 2 unspecified atom stereocenters. The molecule has 2 N–H and O–H groups in total. The number of nitrogens with one attached hydrogen (secondary N) is 2. The Hall–Kier alpha value is -1.18. The molecule has 1 aromatic heterocycles. The summed E-state index contributed by atoms with van der Waals surface area (Å²) in [7, 11) is -1.72. The van der Waals surface area contributed by atoms with Crippen LogP contribution < -0.4 is 10.0 Å². The van der Waals surface area contributed by atoms with Crippen molar-refractivity contribution in [3.8, 4) is 0 Å². The normalized spacial score (nSPS) is 26.5. The zero-order valence-corrected chi connectivity index (χ0v) is 13.1. The largest absolute Gasteiger partial charge is 0.373 e. The lowest BCUT2D eigenvalue weighted by Gasteiger charge is -2.34. The summed E-state index contributed by atoms with van der Waals surface area (Å²) < 4.78 is 27.7. The number of nitrogens with zero attached hydrogens (tertiary/aromatic N) is 2. The Bertz CT molecular complexity index is 587. The monoisotopic (exact) mass is 310 g/mol. The Labute approximate surface area is 126 Å². The van der Waals surface area contributed by atoms with Crippen molar-refractivity contribution in [2.45, 2.75) is 42.7 Å². The van der Waals surface area contributed by atoms with Gasteiger partial charge in [0.15, 0.2) is 0 Å². The Morgan fingerprint density at radius 1 is 1.29 bits per heavy atom. The van der Waals surface area contributed by atoms with E-state index in [-0.39, 0.29) is 10.9 Å². The third kappa shape index (κ3) is 3.20. The van der Waals surface area contributed by atoms with Crippen molar-refractivity contribution in [3.05, 3.63) is 18.3 Å². The van der Waals surface area contributed by atoms with Gasteiger partial charge in [-0.05, 0) is 50.9 Å². The van der Waals surface area contributed by atoms with E-state index in [1.54, 1.807) is 19.2 Å². The van der Waals surface area contributed by atoms with E-state index in [1.165, 1.54) is 25.6 Å². The van der Waals surface area contributed by atoms with Gasteiger partial charge in [-0.15, -0.1) is 0 Å². The summed E-state index contributed by atoms with van der Waals surface area (Å²) in [5.74, 6) is 0.660. The molecular formula is C14H22N4O2S. The Morgan fingerprint density at radius 3 is 2.86 bits per heavy atom. The minimum absolute atomic E-state index is 0.0401. The molecule has 0 radical (unpaired) electrons. The number of piperidine rings is 1. The highest BCUT2D eigenvalue weighted by Gasteiger charge is 2.33. The van der Waals surface area contributed by atoms with Gasteiger partial charge in [-0.2, -0.15) is 0 Å². The minimum Gasteiger partial charge on any atom is -0.373 e. The lowest BCUT2D eigenvalue weighted by Crippen LogP contribution is -2.47. The number of hydrogen-bond donors (Lipinski definition) is 2. The molecular weight excluding hydrogens is 288 g/mol. The van der Waals surface area contributed by atoms with Crippen molar-refractivity contribution in [3.63, 3.8) is 0 Å². The summed E-state index contributed by atoms with van der Waals surface area (Å²) in [5.41, 5.74) is 0. The van der Waals surface area contributed by atoms with Gasteiger partial charge in [-0.1, -0.05) is 0 Å². The van der Waals surface area contributed by atoms with E-state index in [9.17, 15) is 8.42 Å². The highest BCUT2D eigenvalue weighted by Crippen LogP contribution is 2.27. The van der Waals surface area contributed by atoms with Crippen LogP contribution >= 0.6 is 0 Å². The molecule has 7 heteroatoms. The maximum atomic E-state index is 12.4. The summed E-state index contributed by atoms with van der Waals surface area (Å²) in [4.78, 5) is 6.78. The lowest BCUT2D eigenvalue weighted by molar-refractivity contribution is 0.176. The lowest BCUT2D eigenvalue weighted by atomic mass is 9.99. The van der Waals surface area contributed by atoms with Crippen LogP contribution in [0, 0.1) is 0 Å². The first-order chi connectivity index (χ1) is 10.1. The van der Waals surface area contributed by atoms with Gasteiger partial charge in [0.05, 0.1) is 0 Å². The highest BCUT2D eigenvalue weighted by atomic mass is 32.2. The van der Waals surface area contributed by atoms with E-state index >= 15 is 0 Å². The Kier molecular flexibility index (Phi) is 4.14. The molecule has 2 saturated heterocycles. The molecule has 6 nitrogen and oxygen atoms in total. The topological polar surface area (TPSA) is 74.3 Å². The van der Waals surface area contributed by atoms with Gasteiger partial charge < -0.3 is 10.2 Å². The third-order valence-electron chi connectivity index (χ3n) is 4.45. The van der Waals surface area contributed by atoms with Gasteiger partial charge in [0, 0.05) is 25.3 Å². The van der Waals surface area contributed by atoms with Crippen LogP contribution in [0.2, 0.25) is 0 Å². The van der Waals surface area contributed by atoms with Gasteiger partial charge in [-0.25, -0.2) is 18.1 Å². The molecule has 0 amide bonds. The van der Waals surface area contributed by atoms with E-state index in [0.29, 0.717) is 11.9 Å². The molecule has 116 valence electrons. The van der Waals surface area contributed by atoms with E-state index in [2.05, 4.69) is 19.9 Å². The van der Waals surface area contributed by atoms with Crippen LogP contribution in [0.4, 0.5) is 5.82 Å². The molecule has 0 bridgehead atoms. The molecule has 1 aromatic rings. The first kappa shape index (κ1) is 14.7. The SMILES string of the molecule is CNc1ccc(S(=O)(=O)NC2CCN3CCCC3C2)cn1. The standard InChI is InChI=1S/C14H22N4O2S/c1-15-14-5-4-13(10-16-14)21(19,20)17-11-6-8-18-7-2-3-12(18)9-11/h4-5,10-12,17H,2-3,6-9H2,1H3,(H,15,16). The predicted molar refractivity (Wildman–Crippen MR) is 81.7 cm³/mol. The van der Waals surface area contributed by atoms with Gasteiger partial charge >= 0.3 is 0 Å². The molecule has 0 aromatic carbocycles. The summed E-state index contributed by atoms with van der Waals surface area (Å²) in [6.07, 6.45) is 5.63. The molecule has 21 heavy (non-hydrogen) atoms. The van der Waals surface area contributed by atoms with E-state index in [1.807, 2.05) is 0 Å². The number of aromatic nitrogens is 1. The highest BCUT2D eigenvalue weighted by molar-refractivity contribution is 7.89. The van der Waals surface area contributed by atoms with E-state index < -0.39 is 10.0 Å². The Balaban J connectivity index is 1.67. The molecule has 2 aliphatic heterocycles. The number of hydrogen-bond acceptors (Lipinski definition) is 5. The van der Waals surface area contributed by atoms with Gasteiger partial charge in [-0.3, -0.25) is 0 Å². The minimum atomic E-state index is -3.47. The molecule has 2 atom stereocenters. The van der Waals surface area contributed by atoms with Crippen molar-refractivity contribution in [2.75, 3.05) is 25.5 Å². The van der Waals surface area contributed by atoms with Crippen molar-refractivity contribution in [1.82, 2.24) is 14.6 Å². The van der Waals surface area contributed by atoms with Crippen molar-refractivity contribution < 1.29 is 8.42 Å². The molecule has 3 rings (SSSR count). The second-order valence-electron chi connectivity index (χ2n) is 5.80. The fraction of sp³-hybridized carbons (Fsp3) is 0.643. The molecule has 2 aliphatic rings. The molecule has 0 spiro atoms. The van der Waals surface area contributed by atoms with Crippen LogP contribution in [-0.2, 0) is 10.0 Å². The first-order valence-electron chi connectivity index (χ1n) is 7.49. The molecule has 0 aliphatic carbocycles. The zero-order valence-electron chi connectivity index (χ0n) is 12.2. The predicted octanol–water partition coefficient (Wildman–Crippen LogP) is 1.03. The van der Waals surface area contributed by atoms with E-state index in [4.69, 9.17) is 0 Å².